The summed E-state index contributed by atoms with van der Waals surface area (Å²) >= 11 is 0. The maximum Gasteiger partial charge on any atom is 0.252 e. The fourth-order valence-electron chi connectivity index (χ4n) is 2.14. The van der Waals surface area contributed by atoms with Crippen molar-refractivity contribution in [1.82, 2.24) is 15.2 Å². The van der Waals surface area contributed by atoms with Crippen molar-refractivity contribution in [1.29, 1.82) is 0 Å². The van der Waals surface area contributed by atoms with Gasteiger partial charge >= 0.3 is 0 Å². The van der Waals surface area contributed by atoms with Gasteiger partial charge in [-0.1, -0.05) is 13.8 Å². The Morgan fingerprint density at radius 3 is 2.75 bits per heavy atom. The molecule has 2 heterocycles. The van der Waals surface area contributed by atoms with Crippen molar-refractivity contribution in [3.05, 3.63) is 29.6 Å². The van der Waals surface area contributed by atoms with Crippen molar-refractivity contribution in [2.24, 2.45) is 0 Å². The molecule has 5 heteroatoms. The van der Waals surface area contributed by atoms with Crippen LogP contribution in [0, 0.1) is 0 Å². The Hall–Kier alpha value is -1.46. The number of morpholine rings is 1. The maximum absolute atomic E-state index is 12.0. The Balaban J connectivity index is 1.76. The summed E-state index contributed by atoms with van der Waals surface area (Å²) in [5, 5.41) is 2.93. The molecule has 0 spiro atoms. The predicted molar refractivity (Wildman–Crippen MR) is 77.9 cm³/mol. The van der Waals surface area contributed by atoms with Crippen molar-refractivity contribution >= 4 is 5.91 Å². The van der Waals surface area contributed by atoms with E-state index in [1.807, 2.05) is 12.1 Å². The molecule has 1 saturated heterocycles. The van der Waals surface area contributed by atoms with E-state index in [2.05, 4.69) is 29.0 Å². The van der Waals surface area contributed by atoms with E-state index < -0.39 is 0 Å². The number of carbonyl (C=O) groups excluding carboxylic acids is 1. The van der Waals surface area contributed by atoms with Crippen LogP contribution in [-0.4, -0.2) is 55.2 Å². The number of hydrogen-bond donors (Lipinski definition) is 1. The molecule has 5 nitrogen and oxygen atoms in total. The highest BCUT2D eigenvalue weighted by Gasteiger charge is 2.11. The molecule has 0 bridgehead atoms. The quantitative estimate of drug-likeness (QED) is 0.880. The summed E-state index contributed by atoms with van der Waals surface area (Å²) in [5.41, 5.74) is 1.63. The highest BCUT2D eigenvalue weighted by atomic mass is 16.5. The van der Waals surface area contributed by atoms with Crippen LogP contribution in [0.2, 0.25) is 0 Å². The van der Waals surface area contributed by atoms with Crippen LogP contribution in [0.5, 0.6) is 0 Å². The highest BCUT2D eigenvalue weighted by molar-refractivity contribution is 5.93. The van der Waals surface area contributed by atoms with Crippen LogP contribution in [0.25, 0.3) is 0 Å². The molecule has 1 aromatic rings. The third-order valence-corrected chi connectivity index (χ3v) is 3.46. The summed E-state index contributed by atoms with van der Waals surface area (Å²) in [6, 6.07) is 3.76. The van der Waals surface area contributed by atoms with Crippen LogP contribution in [0.3, 0.4) is 0 Å². The molecular formula is C15H23N3O2. The molecule has 1 amide bonds. The first kappa shape index (κ1) is 14.9. The van der Waals surface area contributed by atoms with Crippen LogP contribution < -0.4 is 5.32 Å². The summed E-state index contributed by atoms with van der Waals surface area (Å²) in [6.45, 7) is 9.16. The molecule has 1 aromatic heterocycles. The molecular weight excluding hydrogens is 254 g/mol. The standard InChI is InChI=1S/C15H23N3O2/c1-12(2)14-4-3-13(11-17-14)15(19)16-5-6-18-7-9-20-10-8-18/h3-4,11-12H,5-10H2,1-2H3,(H,16,19). The van der Waals surface area contributed by atoms with E-state index >= 15 is 0 Å². The van der Waals surface area contributed by atoms with Gasteiger partial charge in [0.15, 0.2) is 0 Å². The van der Waals surface area contributed by atoms with E-state index in [0.717, 1.165) is 38.5 Å². The summed E-state index contributed by atoms with van der Waals surface area (Å²) in [6.07, 6.45) is 1.65. The fourth-order valence-corrected chi connectivity index (χ4v) is 2.14. The Morgan fingerprint density at radius 2 is 2.15 bits per heavy atom. The van der Waals surface area contributed by atoms with E-state index in [1.165, 1.54) is 0 Å². The average Bonchev–Trinajstić information content (AvgIpc) is 2.48. The van der Waals surface area contributed by atoms with E-state index in [-0.39, 0.29) is 5.91 Å². The van der Waals surface area contributed by atoms with Crippen molar-refractivity contribution in [3.8, 4) is 0 Å². The van der Waals surface area contributed by atoms with Gasteiger partial charge in [-0.2, -0.15) is 0 Å². The van der Waals surface area contributed by atoms with Crippen molar-refractivity contribution in [2.75, 3.05) is 39.4 Å². The molecule has 0 radical (unpaired) electrons. The zero-order chi connectivity index (χ0) is 14.4. The van der Waals surface area contributed by atoms with E-state index in [9.17, 15) is 4.79 Å². The molecule has 0 aliphatic carbocycles. The van der Waals surface area contributed by atoms with E-state index in [4.69, 9.17) is 4.74 Å². The molecule has 110 valence electrons. The molecule has 0 unspecified atom stereocenters. The number of hydrogen-bond acceptors (Lipinski definition) is 4. The third kappa shape index (κ3) is 4.28. The minimum atomic E-state index is -0.0546. The van der Waals surface area contributed by atoms with Gasteiger partial charge in [-0.25, -0.2) is 0 Å². The Morgan fingerprint density at radius 1 is 1.40 bits per heavy atom. The van der Waals surface area contributed by atoms with Crippen LogP contribution in [-0.2, 0) is 4.74 Å². The molecule has 0 saturated carbocycles. The fraction of sp³-hybridized carbons (Fsp3) is 0.600. The third-order valence-electron chi connectivity index (χ3n) is 3.46. The van der Waals surface area contributed by atoms with Crippen molar-refractivity contribution < 1.29 is 9.53 Å². The van der Waals surface area contributed by atoms with Gasteiger partial charge in [0.2, 0.25) is 0 Å². The molecule has 0 aromatic carbocycles. The normalized spacial score (nSPS) is 16.4. The van der Waals surface area contributed by atoms with Crippen LogP contribution >= 0.6 is 0 Å². The van der Waals surface area contributed by atoms with E-state index in [0.29, 0.717) is 18.0 Å². The van der Waals surface area contributed by atoms with Crippen LogP contribution in [0.1, 0.15) is 35.8 Å². The maximum atomic E-state index is 12.0. The molecule has 1 aliphatic rings. The van der Waals surface area contributed by atoms with Gasteiger partial charge in [-0.15, -0.1) is 0 Å². The lowest BCUT2D eigenvalue weighted by molar-refractivity contribution is 0.0383. The summed E-state index contributed by atoms with van der Waals surface area (Å²) in [5.74, 6) is 0.328. The van der Waals surface area contributed by atoms with Crippen molar-refractivity contribution in [2.45, 2.75) is 19.8 Å². The van der Waals surface area contributed by atoms with E-state index in [1.54, 1.807) is 6.20 Å². The smallest absolute Gasteiger partial charge is 0.252 e. The second-order valence-corrected chi connectivity index (χ2v) is 5.34. The second-order valence-electron chi connectivity index (χ2n) is 5.34. The summed E-state index contributed by atoms with van der Waals surface area (Å²) < 4.78 is 5.29. The molecule has 1 N–H and O–H groups in total. The van der Waals surface area contributed by atoms with Crippen LogP contribution in [0.15, 0.2) is 18.3 Å². The minimum absolute atomic E-state index is 0.0546. The number of nitrogens with one attached hydrogen (secondary N) is 1. The van der Waals surface area contributed by atoms with Gasteiger partial charge in [0, 0.05) is 38.1 Å². The number of rotatable bonds is 5. The number of pyridine rings is 1. The highest BCUT2D eigenvalue weighted by Crippen LogP contribution is 2.11. The van der Waals surface area contributed by atoms with Gasteiger partial charge in [0.25, 0.3) is 5.91 Å². The predicted octanol–water partition coefficient (Wildman–Crippen LogP) is 1.27. The number of aromatic nitrogens is 1. The number of carbonyl (C=O) groups is 1. The first-order valence-corrected chi connectivity index (χ1v) is 7.21. The summed E-state index contributed by atoms with van der Waals surface area (Å²) in [4.78, 5) is 18.6. The zero-order valence-electron chi connectivity index (χ0n) is 12.3. The SMILES string of the molecule is CC(C)c1ccc(C(=O)NCCN2CCOCC2)cn1. The van der Waals surface area contributed by atoms with Gasteiger partial charge in [-0.05, 0) is 18.1 Å². The lowest BCUT2D eigenvalue weighted by Gasteiger charge is -2.26. The first-order valence-electron chi connectivity index (χ1n) is 7.21. The number of ether oxygens (including phenoxy) is 1. The molecule has 2 rings (SSSR count). The largest absolute Gasteiger partial charge is 0.379 e. The van der Waals surface area contributed by atoms with Gasteiger partial charge in [0.05, 0.1) is 18.8 Å². The topological polar surface area (TPSA) is 54.5 Å². The molecule has 20 heavy (non-hydrogen) atoms. The summed E-state index contributed by atoms with van der Waals surface area (Å²) in [7, 11) is 0. The Kier molecular flexibility index (Phi) is 5.49. The van der Waals surface area contributed by atoms with Gasteiger partial charge in [0.1, 0.15) is 0 Å². The average molecular weight is 277 g/mol. The number of amides is 1. The molecule has 0 atom stereocenters. The number of nitrogens with zero attached hydrogens (tertiary/aromatic N) is 2. The Labute approximate surface area is 120 Å². The van der Waals surface area contributed by atoms with Gasteiger partial charge < -0.3 is 10.1 Å². The monoisotopic (exact) mass is 277 g/mol. The molecule has 1 aliphatic heterocycles. The lowest BCUT2D eigenvalue weighted by atomic mass is 10.1. The van der Waals surface area contributed by atoms with Crippen molar-refractivity contribution in [3.63, 3.8) is 0 Å². The van der Waals surface area contributed by atoms with Gasteiger partial charge in [-0.3, -0.25) is 14.7 Å². The van der Waals surface area contributed by atoms with Crippen LogP contribution in [0.4, 0.5) is 0 Å². The first-order chi connectivity index (χ1) is 9.66. The Bertz CT molecular complexity index is 425. The zero-order valence-corrected chi connectivity index (χ0v) is 12.3. The second kappa shape index (κ2) is 7.36. The minimum Gasteiger partial charge on any atom is -0.379 e. The molecule has 1 fully saturated rings. The lowest BCUT2D eigenvalue weighted by Crippen LogP contribution is -2.41.